The monoisotopic (exact) mass is 338 g/mol. The van der Waals surface area contributed by atoms with Gasteiger partial charge in [0.2, 0.25) is 11.8 Å². The van der Waals surface area contributed by atoms with Gasteiger partial charge in [0.15, 0.2) is 0 Å². The molecule has 6 heteroatoms. The molecule has 4 unspecified atom stereocenters. The summed E-state index contributed by atoms with van der Waals surface area (Å²) in [6, 6.07) is 5.08. The Morgan fingerprint density at radius 3 is 2.59 bits per heavy atom. The van der Waals surface area contributed by atoms with E-state index in [1.807, 2.05) is 12.2 Å². The van der Waals surface area contributed by atoms with Gasteiger partial charge in [0.25, 0.3) is 0 Å². The van der Waals surface area contributed by atoms with Gasteiger partial charge in [0.1, 0.15) is 0 Å². The molecule has 0 aromatic heterocycles. The molecule has 0 aliphatic heterocycles. The second-order valence-electron chi connectivity index (χ2n) is 5.85. The minimum absolute atomic E-state index is 0.0192. The third-order valence-corrected chi connectivity index (χ3v) is 5.67. The van der Waals surface area contributed by atoms with Crippen LogP contribution in [0.2, 0.25) is 10.0 Å². The lowest BCUT2D eigenvalue weighted by Gasteiger charge is -2.39. The SMILES string of the molecule is CNC(=O)C1(c2ccc(Cl)c(Cl)c2)C2C=CC(C2)C1C(N)=O. The highest BCUT2D eigenvalue weighted by Crippen LogP contribution is 2.57. The molecule has 4 nitrogen and oxygen atoms in total. The van der Waals surface area contributed by atoms with Gasteiger partial charge in [-0.3, -0.25) is 9.59 Å². The van der Waals surface area contributed by atoms with Gasteiger partial charge in [0, 0.05) is 7.05 Å². The fourth-order valence-corrected chi connectivity index (χ4v) is 4.41. The van der Waals surface area contributed by atoms with E-state index in [0.29, 0.717) is 15.6 Å². The maximum atomic E-state index is 12.8. The number of benzene rings is 1. The highest BCUT2D eigenvalue weighted by atomic mass is 35.5. The topological polar surface area (TPSA) is 72.2 Å². The van der Waals surface area contributed by atoms with E-state index >= 15 is 0 Å². The summed E-state index contributed by atoms with van der Waals surface area (Å²) in [6.07, 6.45) is 4.72. The number of nitrogens with two attached hydrogens (primary N) is 1. The van der Waals surface area contributed by atoms with Crippen molar-refractivity contribution in [3.63, 3.8) is 0 Å². The van der Waals surface area contributed by atoms with Gasteiger partial charge in [-0.2, -0.15) is 0 Å². The standard InChI is InChI=1S/C16H16Cl2N2O2/c1-20-15(22)16(10-4-5-11(17)12(18)7-10)9-3-2-8(6-9)13(16)14(19)21/h2-5,7-9,13H,6H2,1H3,(H2,19,21)(H,20,22). The van der Waals surface area contributed by atoms with Gasteiger partial charge in [-0.1, -0.05) is 41.4 Å². The fourth-order valence-electron chi connectivity index (χ4n) is 4.11. The van der Waals surface area contributed by atoms with E-state index in [1.165, 1.54) is 0 Å². The van der Waals surface area contributed by atoms with Crippen LogP contribution in [0, 0.1) is 17.8 Å². The molecule has 2 aliphatic carbocycles. The molecule has 0 saturated heterocycles. The number of primary amides is 1. The molecular weight excluding hydrogens is 323 g/mol. The predicted octanol–water partition coefficient (Wildman–Crippen LogP) is 2.28. The number of hydrogen-bond donors (Lipinski definition) is 2. The normalized spacial score (nSPS) is 32.2. The maximum absolute atomic E-state index is 12.8. The first-order valence-corrected chi connectivity index (χ1v) is 7.83. The van der Waals surface area contributed by atoms with Crippen LogP contribution in [0.5, 0.6) is 0 Å². The summed E-state index contributed by atoms with van der Waals surface area (Å²) in [4.78, 5) is 24.9. The Morgan fingerprint density at radius 2 is 2.00 bits per heavy atom. The fraction of sp³-hybridized carbons (Fsp3) is 0.375. The molecule has 0 spiro atoms. The second-order valence-corrected chi connectivity index (χ2v) is 6.66. The third-order valence-electron chi connectivity index (χ3n) is 4.93. The largest absolute Gasteiger partial charge is 0.369 e. The zero-order valence-electron chi connectivity index (χ0n) is 12.0. The molecule has 4 atom stereocenters. The Kier molecular flexibility index (Phi) is 3.69. The van der Waals surface area contributed by atoms with Gasteiger partial charge in [-0.05, 0) is 36.0 Å². The summed E-state index contributed by atoms with van der Waals surface area (Å²) in [6.45, 7) is 0. The summed E-state index contributed by atoms with van der Waals surface area (Å²) in [5.41, 5.74) is 5.31. The molecule has 22 heavy (non-hydrogen) atoms. The highest BCUT2D eigenvalue weighted by Gasteiger charge is 2.63. The van der Waals surface area contributed by atoms with Gasteiger partial charge < -0.3 is 11.1 Å². The molecule has 2 amide bonds. The lowest BCUT2D eigenvalue weighted by atomic mass is 9.63. The maximum Gasteiger partial charge on any atom is 0.231 e. The first-order valence-electron chi connectivity index (χ1n) is 7.08. The number of nitrogens with one attached hydrogen (secondary N) is 1. The second kappa shape index (κ2) is 5.28. The lowest BCUT2D eigenvalue weighted by Crippen LogP contribution is -2.55. The van der Waals surface area contributed by atoms with E-state index in [0.717, 1.165) is 6.42 Å². The summed E-state index contributed by atoms with van der Waals surface area (Å²) in [5, 5.41) is 3.46. The molecule has 1 fully saturated rings. The Morgan fingerprint density at radius 1 is 1.27 bits per heavy atom. The zero-order valence-corrected chi connectivity index (χ0v) is 13.5. The van der Waals surface area contributed by atoms with E-state index < -0.39 is 17.2 Å². The van der Waals surface area contributed by atoms with E-state index in [-0.39, 0.29) is 17.7 Å². The van der Waals surface area contributed by atoms with Crippen molar-refractivity contribution in [2.24, 2.45) is 23.5 Å². The van der Waals surface area contributed by atoms with Gasteiger partial charge in [0.05, 0.1) is 21.4 Å². The molecule has 1 saturated carbocycles. The van der Waals surface area contributed by atoms with Crippen LogP contribution in [0.4, 0.5) is 0 Å². The molecule has 0 radical (unpaired) electrons. The number of likely N-dealkylation sites (N-methyl/N-ethyl adjacent to an activating group) is 1. The molecule has 2 bridgehead atoms. The number of carbonyl (C=O) groups excluding carboxylic acids is 2. The third kappa shape index (κ3) is 1.90. The average Bonchev–Trinajstić information content (AvgIpc) is 3.08. The molecule has 116 valence electrons. The van der Waals surface area contributed by atoms with E-state index in [1.54, 1.807) is 25.2 Å². The summed E-state index contributed by atoms with van der Waals surface area (Å²) in [7, 11) is 1.56. The van der Waals surface area contributed by atoms with Crippen molar-refractivity contribution in [2.75, 3.05) is 7.05 Å². The average molecular weight is 339 g/mol. The Hall–Kier alpha value is -1.52. The quantitative estimate of drug-likeness (QED) is 0.830. The Labute approximate surface area is 138 Å². The van der Waals surface area contributed by atoms with Crippen molar-refractivity contribution in [1.29, 1.82) is 0 Å². The minimum atomic E-state index is -1.02. The number of rotatable bonds is 3. The molecule has 2 aliphatic rings. The summed E-state index contributed by atoms with van der Waals surface area (Å²) >= 11 is 12.1. The molecule has 0 heterocycles. The number of carbonyl (C=O) groups is 2. The van der Waals surface area contributed by atoms with Crippen molar-refractivity contribution in [3.8, 4) is 0 Å². The summed E-state index contributed by atoms with van der Waals surface area (Å²) < 4.78 is 0. The van der Waals surface area contributed by atoms with Crippen molar-refractivity contribution in [3.05, 3.63) is 46.0 Å². The molecule has 1 aromatic rings. The highest BCUT2D eigenvalue weighted by molar-refractivity contribution is 6.42. The van der Waals surface area contributed by atoms with E-state index in [2.05, 4.69) is 5.32 Å². The molecule has 1 aromatic carbocycles. The van der Waals surface area contributed by atoms with Crippen molar-refractivity contribution >= 4 is 35.0 Å². The van der Waals surface area contributed by atoms with Crippen molar-refractivity contribution < 1.29 is 9.59 Å². The van der Waals surface area contributed by atoms with Crippen LogP contribution >= 0.6 is 23.2 Å². The minimum Gasteiger partial charge on any atom is -0.369 e. The Bertz CT molecular complexity index is 689. The number of hydrogen-bond acceptors (Lipinski definition) is 2. The van der Waals surface area contributed by atoms with Crippen LogP contribution < -0.4 is 11.1 Å². The lowest BCUT2D eigenvalue weighted by molar-refractivity contribution is -0.136. The van der Waals surface area contributed by atoms with E-state index in [9.17, 15) is 9.59 Å². The zero-order chi connectivity index (χ0) is 16.1. The number of allylic oxidation sites excluding steroid dienone is 2. The van der Waals surface area contributed by atoms with Crippen LogP contribution in [0.15, 0.2) is 30.4 Å². The number of amides is 2. The smallest absolute Gasteiger partial charge is 0.231 e. The van der Waals surface area contributed by atoms with Crippen molar-refractivity contribution in [1.82, 2.24) is 5.32 Å². The molecule has 3 N–H and O–H groups in total. The van der Waals surface area contributed by atoms with Crippen LogP contribution in [-0.4, -0.2) is 18.9 Å². The van der Waals surface area contributed by atoms with Gasteiger partial charge in [-0.25, -0.2) is 0 Å². The summed E-state index contributed by atoms with van der Waals surface area (Å²) in [5.74, 6) is -1.36. The first kappa shape index (κ1) is 15.4. The van der Waals surface area contributed by atoms with Gasteiger partial charge in [-0.15, -0.1) is 0 Å². The van der Waals surface area contributed by atoms with Gasteiger partial charge >= 0.3 is 0 Å². The van der Waals surface area contributed by atoms with Crippen LogP contribution in [-0.2, 0) is 15.0 Å². The van der Waals surface area contributed by atoms with E-state index in [4.69, 9.17) is 28.9 Å². The van der Waals surface area contributed by atoms with Crippen LogP contribution in [0.1, 0.15) is 12.0 Å². The Balaban J connectivity index is 2.25. The molecular formula is C16H16Cl2N2O2. The number of fused-ring (bicyclic) bond motifs is 2. The number of halogens is 2. The van der Waals surface area contributed by atoms with Crippen molar-refractivity contribution in [2.45, 2.75) is 11.8 Å². The van der Waals surface area contributed by atoms with Crippen LogP contribution in [0.3, 0.4) is 0 Å². The predicted molar refractivity (Wildman–Crippen MR) is 85.6 cm³/mol. The van der Waals surface area contributed by atoms with Crippen LogP contribution in [0.25, 0.3) is 0 Å². The first-order chi connectivity index (χ1) is 10.4. The molecule has 3 rings (SSSR count).